The molecule has 84 valence electrons. The molecule has 0 saturated heterocycles. The number of amides is 1. The van der Waals surface area contributed by atoms with Gasteiger partial charge in [0.15, 0.2) is 0 Å². The lowest BCUT2D eigenvalue weighted by molar-refractivity contribution is -0.133. The van der Waals surface area contributed by atoms with Crippen molar-refractivity contribution in [2.75, 3.05) is 0 Å². The summed E-state index contributed by atoms with van der Waals surface area (Å²) in [4.78, 5) is 11.9. The average molecular weight is 200 g/mol. The van der Waals surface area contributed by atoms with Crippen LogP contribution in [-0.4, -0.2) is 17.0 Å². The Kier molecular flexibility index (Phi) is 3.39. The molecule has 0 saturated carbocycles. The summed E-state index contributed by atoms with van der Waals surface area (Å²) >= 11 is 0. The van der Waals surface area contributed by atoms with Gasteiger partial charge in [0, 0.05) is 11.1 Å². The molecule has 0 unspecified atom stereocenters. The van der Waals surface area contributed by atoms with Crippen LogP contribution < -0.4 is 11.1 Å². The Balaban J connectivity index is 4.70. The predicted octanol–water partition coefficient (Wildman–Crippen LogP) is 1.66. The fraction of sp³-hybridized carbons (Fsp3) is 0.909. The summed E-state index contributed by atoms with van der Waals surface area (Å²) in [5.41, 5.74) is 4.67. The van der Waals surface area contributed by atoms with Crippen molar-refractivity contribution in [3.05, 3.63) is 0 Å². The Hall–Kier alpha value is -0.570. The van der Waals surface area contributed by atoms with Crippen LogP contribution in [0.1, 0.15) is 48.5 Å². The maximum atomic E-state index is 11.9. The molecule has 3 N–H and O–H groups in total. The van der Waals surface area contributed by atoms with E-state index in [4.69, 9.17) is 5.73 Å². The van der Waals surface area contributed by atoms with E-state index in [2.05, 4.69) is 5.32 Å². The minimum absolute atomic E-state index is 0.00231. The highest BCUT2D eigenvalue weighted by Gasteiger charge is 2.41. The van der Waals surface area contributed by atoms with Gasteiger partial charge in [-0.25, -0.2) is 0 Å². The zero-order valence-electron chi connectivity index (χ0n) is 10.5. The first-order valence-electron chi connectivity index (χ1n) is 4.99. The van der Waals surface area contributed by atoms with Crippen LogP contribution in [0.2, 0.25) is 0 Å². The van der Waals surface area contributed by atoms with Gasteiger partial charge in [-0.1, -0.05) is 0 Å². The number of carbonyl (C=O) groups excluding carboxylic acids is 1. The van der Waals surface area contributed by atoms with Crippen molar-refractivity contribution >= 4 is 5.91 Å². The summed E-state index contributed by atoms with van der Waals surface area (Å²) in [7, 11) is 0. The van der Waals surface area contributed by atoms with Gasteiger partial charge in [-0.3, -0.25) is 4.79 Å². The summed E-state index contributed by atoms with van der Waals surface area (Å²) in [5, 5.41) is 2.95. The third-order valence-corrected chi connectivity index (χ3v) is 2.67. The van der Waals surface area contributed by atoms with Crippen LogP contribution in [0.15, 0.2) is 0 Å². The zero-order valence-corrected chi connectivity index (χ0v) is 10.5. The number of rotatable bonds is 2. The van der Waals surface area contributed by atoms with Gasteiger partial charge < -0.3 is 11.1 Å². The molecule has 0 radical (unpaired) electrons. The molecule has 0 aliphatic rings. The van der Waals surface area contributed by atoms with Crippen LogP contribution in [0, 0.1) is 5.41 Å². The lowest BCUT2D eigenvalue weighted by atomic mass is 9.74. The molecule has 14 heavy (non-hydrogen) atoms. The maximum Gasteiger partial charge on any atom is 0.227 e. The summed E-state index contributed by atoms with van der Waals surface area (Å²) in [6.45, 7) is 13.4. The van der Waals surface area contributed by atoms with Gasteiger partial charge >= 0.3 is 0 Å². The molecule has 3 heteroatoms. The zero-order chi connectivity index (χ0) is 11.8. The molecule has 1 amide bonds. The molecule has 0 spiro atoms. The highest BCUT2D eigenvalue weighted by atomic mass is 16.2. The van der Waals surface area contributed by atoms with Crippen molar-refractivity contribution in [1.82, 2.24) is 5.32 Å². The Morgan fingerprint density at radius 2 is 1.36 bits per heavy atom. The molecule has 0 atom stereocenters. The molecule has 0 aliphatic heterocycles. The number of hydrogen-bond donors (Lipinski definition) is 2. The SMILES string of the molecule is CC(C)(C)NC(=O)C(C)(C)C(C)(C)N. The fourth-order valence-electron chi connectivity index (χ4n) is 0.789. The molecule has 0 fully saturated rings. The van der Waals surface area contributed by atoms with E-state index in [-0.39, 0.29) is 11.4 Å². The van der Waals surface area contributed by atoms with Crippen molar-refractivity contribution in [3.8, 4) is 0 Å². The van der Waals surface area contributed by atoms with Gasteiger partial charge in [-0.15, -0.1) is 0 Å². The highest BCUT2D eigenvalue weighted by molar-refractivity contribution is 5.83. The topological polar surface area (TPSA) is 55.1 Å². The largest absolute Gasteiger partial charge is 0.351 e. The predicted molar refractivity (Wildman–Crippen MR) is 59.9 cm³/mol. The van der Waals surface area contributed by atoms with Crippen LogP contribution in [-0.2, 0) is 4.79 Å². The van der Waals surface area contributed by atoms with E-state index in [0.29, 0.717) is 0 Å². The third-order valence-electron chi connectivity index (χ3n) is 2.67. The monoisotopic (exact) mass is 200 g/mol. The first-order valence-corrected chi connectivity index (χ1v) is 4.99. The van der Waals surface area contributed by atoms with Crippen molar-refractivity contribution < 1.29 is 4.79 Å². The van der Waals surface area contributed by atoms with Crippen molar-refractivity contribution in [1.29, 1.82) is 0 Å². The minimum atomic E-state index is -0.569. The Labute approximate surface area is 87.4 Å². The summed E-state index contributed by atoms with van der Waals surface area (Å²) < 4.78 is 0. The quantitative estimate of drug-likeness (QED) is 0.712. The third kappa shape index (κ3) is 3.29. The molecule has 0 aromatic rings. The summed E-state index contributed by atoms with van der Waals surface area (Å²) in [5.74, 6) is -0.00231. The van der Waals surface area contributed by atoms with Crippen LogP contribution in [0.25, 0.3) is 0 Å². The first-order chi connectivity index (χ1) is 5.88. The standard InChI is InChI=1S/C11H24N2O/c1-9(2,3)13-8(14)10(4,5)11(6,7)12/h12H2,1-7H3,(H,13,14). The smallest absolute Gasteiger partial charge is 0.227 e. The second-order valence-electron chi connectivity index (χ2n) is 6.05. The minimum Gasteiger partial charge on any atom is -0.351 e. The second-order valence-corrected chi connectivity index (χ2v) is 6.05. The van der Waals surface area contributed by atoms with Crippen LogP contribution in [0.5, 0.6) is 0 Å². The van der Waals surface area contributed by atoms with E-state index in [1.54, 1.807) is 0 Å². The van der Waals surface area contributed by atoms with Crippen molar-refractivity contribution in [2.24, 2.45) is 11.1 Å². The number of nitrogens with one attached hydrogen (secondary N) is 1. The Bertz CT molecular complexity index is 218. The van der Waals surface area contributed by atoms with Crippen LogP contribution in [0.3, 0.4) is 0 Å². The van der Waals surface area contributed by atoms with Gasteiger partial charge in [0.05, 0.1) is 5.41 Å². The molecule has 0 aromatic heterocycles. The van der Waals surface area contributed by atoms with E-state index in [0.717, 1.165) is 0 Å². The average Bonchev–Trinajstić information content (AvgIpc) is 1.80. The van der Waals surface area contributed by atoms with Crippen molar-refractivity contribution in [2.45, 2.75) is 59.5 Å². The lowest BCUT2D eigenvalue weighted by Gasteiger charge is -2.39. The van der Waals surface area contributed by atoms with Gasteiger partial charge in [-0.2, -0.15) is 0 Å². The molecule has 0 rings (SSSR count). The highest BCUT2D eigenvalue weighted by Crippen LogP contribution is 2.28. The van der Waals surface area contributed by atoms with E-state index in [9.17, 15) is 4.79 Å². The molecular formula is C11H24N2O. The van der Waals surface area contributed by atoms with Gasteiger partial charge in [0.1, 0.15) is 0 Å². The molecule has 3 nitrogen and oxygen atoms in total. The second kappa shape index (κ2) is 3.54. The van der Waals surface area contributed by atoms with Crippen LogP contribution in [0.4, 0.5) is 0 Å². The maximum absolute atomic E-state index is 11.9. The van der Waals surface area contributed by atoms with E-state index >= 15 is 0 Å². The Morgan fingerprint density at radius 3 is 1.57 bits per heavy atom. The Morgan fingerprint density at radius 1 is 1.00 bits per heavy atom. The normalized spacial score (nSPS) is 14.0. The van der Waals surface area contributed by atoms with E-state index < -0.39 is 11.0 Å². The van der Waals surface area contributed by atoms with Crippen molar-refractivity contribution in [3.63, 3.8) is 0 Å². The molecule has 0 aliphatic carbocycles. The summed E-state index contributed by atoms with van der Waals surface area (Å²) in [6, 6.07) is 0. The lowest BCUT2D eigenvalue weighted by Crippen LogP contribution is -2.58. The van der Waals surface area contributed by atoms with E-state index in [1.165, 1.54) is 0 Å². The molecular weight excluding hydrogens is 176 g/mol. The van der Waals surface area contributed by atoms with Gasteiger partial charge in [0.25, 0.3) is 0 Å². The molecule has 0 aromatic carbocycles. The number of nitrogens with two attached hydrogens (primary N) is 1. The van der Waals surface area contributed by atoms with Gasteiger partial charge in [0.2, 0.25) is 5.91 Å². The van der Waals surface area contributed by atoms with E-state index in [1.807, 2.05) is 48.5 Å². The summed E-state index contributed by atoms with van der Waals surface area (Å²) in [6.07, 6.45) is 0. The van der Waals surface area contributed by atoms with Crippen LogP contribution >= 0.6 is 0 Å². The number of hydrogen-bond acceptors (Lipinski definition) is 2. The number of carbonyl (C=O) groups is 1. The molecule has 0 bridgehead atoms. The van der Waals surface area contributed by atoms with Gasteiger partial charge in [-0.05, 0) is 48.5 Å². The fourth-order valence-corrected chi connectivity index (χ4v) is 0.789. The molecule has 0 heterocycles. The first kappa shape index (κ1) is 13.4.